The van der Waals surface area contributed by atoms with Crippen molar-refractivity contribution in [1.82, 2.24) is 30.1 Å². The number of hydrogen-bond acceptors (Lipinski definition) is 6. The molecule has 1 N–H and O–H groups in total. The average molecular weight is 350 g/mol. The van der Waals surface area contributed by atoms with Gasteiger partial charge in [-0.05, 0) is 38.4 Å². The molecule has 0 amide bonds. The molecule has 7 nitrogen and oxygen atoms in total. The molecular weight excluding hydrogens is 328 g/mol. The maximum Gasteiger partial charge on any atom is 0.278 e. The third-order valence-corrected chi connectivity index (χ3v) is 5.38. The van der Waals surface area contributed by atoms with Crippen molar-refractivity contribution in [2.45, 2.75) is 25.3 Å². The molecule has 26 heavy (non-hydrogen) atoms. The summed E-state index contributed by atoms with van der Waals surface area (Å²) in [5.41, 5.74) is 4.43. The van der Waals surface area contributed by atoms with Gasteiger partial charge in [0.05, 0.1) is 11.7 Å². The first-order valence-corrected chi connectivity index (χ1v) is 9.22. The van der Waals surface area contributed by atoms with E-state index in [0.29, 0.717) is 5.89 Å². The molecule has 134 valence electrons. The van der Waals surface area contributed by atoms with Crippen LogP contribution in [0.15, 0.2) is 34.9 Å². The number of aromatic nitrogens is 4. The van der Waals surface area contributed by atoms with Crippen molar-refractivity contribution in [1.29, 1.82) is 0 Å². The van der Waals surface area contributed by atoms with Gasteiger partial charge in [0.1, 0.15) is 0 Å². The molecule has 0 radical (unpaired) electrons. The van der Waals surface area contributed by atoms with Gasteiger partial charge in [0, 0.05) is 30.9 Å². The van der Waals surface area contributed by atoms with E-state index in [1.807, 2.05) is 22.9 Å². The molecule has 7 heteroatoms. The number of hydrogen-bond donors (Lipinski definition) is 1. The Morgan fingerprint density at radius 3 is 2.92 bits per heavy atom. The van der Waals surface area contributed by atoms with E-state index in [2.05, 4.69) is 34.6 Å². The second kappa shape index (κ2) is 6.34. The predicted octanol–water partition coefficient (Wildman–Crippen LogP) is 1.99. The summed E-state index contributed by atoms with van der Waals surface area (Å²) < 4.78 is 7.67. The Labute approximate surface area is 152 Å². The van der Waals surface area contributed by atoms with Crippen molar-refractivity contribution in [2.75, 3.05) is 26.7 Å². The first-order valence-electron chi connectivity index (χ1n) is 9.22. The molecule has 1 atom stereocenters. The second-order valence-corrected chi connectivity index (χ2v) is 7.03. The molecule has 3 aromatic rings. The van der Waals surface area contributed by atoms with Gasteiger partial charge in [-0.2, -0.15) is 10.1 Å². The number of nitrogens with one attached hydrogen (secondary N) is 1. The molecule has 0 bridgehead atoms. The van der Waals surface area contributed by atoms with Gasteiger partial charge in [-0.3, -0.25) is 4.90 Å². The molecule has 1 fully saturated rings. The monoisotopic (exact) mass is 350 g/mol. The summed E-state index contributed by atoms with van der Waals surface area (Å²) in [7, 11) is 2.10. The molecule has 1 aliphatic carbocycles. The number of likely N-dealkylation sites (N-methyl/N-ethyl adjacent to an activating group) is 1. The lowest BCUT2D eigenvalue weighted by Crippen LogP contribution is -2.44. The minimum atomic E-state index is 0.144. The van der Waals surface area contributed by atoms with Gasteiger partial charge in [-0.15, -0.1) is 0 Å². The Morgan fingerprint density at radius 1 is 1.19 bits per heavy atom. The van der Waals surface area contributed by atoms with Gasteiger partial charge in [0.2, 0.25) is 0 Å². The molecule has 0 spiro atoms. The molecule has 5 rings (SSSR count). The van der Waals surface area contributed by atoms with Crippen LogP contribution in [0.3, 0.4) is 0 Å². The highest BCUT2D eigenvalue weighted by molar-refractivity contribution is 5.58. The van der Waals surface area contributed by atoms with Gasteiger partial charge in [0.25, 0.3) is 5.89 Å². The Bertz CT molecular complexity index is 916. The van der Waals surface area contributed by atoms with Gasteiger partial charge in [-0.25, -0.2) is 4.68 Å². The largest absolute Gasteiger partial charge is 0.332 e. The number of nitrogens with zero attached hydrogens (tertiary/aromatic N) is 5. The minimum absolute atomic E-state index is 0.144. The Hall–Kier alpha value is -2.51. The summed E-state index contributed by atoms with van der Waals surface area (Å²) in [6.45, 7) is 2.81. The minimum Gasteiger partial charge on any atom is -0.332 e. The summed E-state index contributed by atoms with van der Waals surface area (Å²) in [5, 5.41) is 12.5. The van der Waals surface area contributed by atoms with Crippen LogP contribution in [0.25, 0.3) is 17.3 Å². The van der Waals surface area contributed by atoms with Crippen LogP contribution < -0.4 is 5.32 Å². The van der Waals surface area contributed by atoms with E-state index in [1.54, 1.807) is 0 Å². The third kappa shape index (κ3) is 2.55. The van der Waals surface area contributed by atoms with E-state index in [9.17, 15) is 0 Å². The summed E-state index contributed by atoms with van der Waals surface area (Å²) >= 11 is 0. The van der Waals surface area contributed by atoms with E-state index in [1.165, 1.54) is 11.3 Å². The highest BCUT2D eigenvalue weighted by Gasteiger charge is 2.30. The van der Waals surface area contributed by atoms with Crippen LogP contribution in [0, 0.1) is 0 Å². The van der Waals surface area contributed by atoms with Crippen LogP contribution >= 0.6 is 0 Å². The molecule has 2 aliphatic rings. The molecule has 3 heterocycles. The Balaban J connectivity index is 1.53. The van der Waals surface area contributed by atoms with Crippen LogP contribution in [-0.4, -0.2) is 51.5 Å². The fourth-order valence-electron chi connectivity index (χ4n) is 3.95. The van der Waals surface area contributed by atoms with Crippen molar-refractivity contribution < 1.29 is 4.52 Å². The van der Waals surface area contributed by atoms with E-state index in [-0.39, 0.29) is 6.04 Å². The lowest BCUT2D eigenvalue weighted by atomic mass is 10.2. The number of para-hydroxylation sites is 1. The zero-order chi connectivity index (χ0) is 17.5. The number of benzene rings is 1. The molecule has 0 saturated carbocycles. The third-order valence-electron chi connectivity index (χ3n) is 5.38. The van der Waals surface area contributed by atoms with E-state index in [0.717, 1.165) is 56.1 Å². The van der Waals surface area contributed by atoms with Crippen molar-refractivity contribution in [3.8, 4) is 17.3 Å². The van der Waals surface area contributed by atoms with Crippen LogP contribution in [0.5, 0.6) is 0 Å². The molecular formula is C19H22N6O. The normalized spacial score (nSPS) is 20.4. The summed E-state index contributed by atoms with van der Waals surface area (Å²) in [6.07, 6.45) is 3.19. The lowest BCUT2D eigenvalue weighted by molar-refractivity contribution is 0.190. The second-order valence-electron chi connectivity index (χ2n) is 7.03. The highest BCUT2D eigenvalue weighted by Crippen LogP contribution is 2.33. The van der Waals surface area contributed by atoms with Crippen LogP contribution in [-0.2, 0) is 12.8 Å². The number of rotatable bonds is 3. The van der Waals surface area contributed by atoms with Crippen molar-refractivity contribution >= 4 is 0 Å². The molecule has 2 aromatic heterocycles. The molecule has 1 aliphatic heterocycles. The molecule has 1 saturated heterocycles. The van der Waals surface area contributed by atoms with Gasteiger partial charge >= 0.3 is 0 Å². The van der Waals surface area contributed by atoms with Crippen molar-refractivity contribution in [2.24, 2.45) is 0 Å². The first kappa shape index (κ1) is 15.7. The van der Waals surface area contributed by atoms with E-state index in [4.69, 9.17) is 14.6 Å². The van der Waals surface area contributed by atoms with Gasteiger partial charge in [-0.1, -0.05) is 23.4 Å². The maximum absolute atomic E-state index is 5.64. The van der Waals surface area contributed by atoms with Crippen LogP contribution in [0.1, 0.15) is 29.5 Å². The fraction of sp³-hybridized carbons (Fsp3) is 0.421. The molecule has 1 unspecified atom stereocenters. The average Bonchev–Trinajstić information content (AvgIpc) is 3.39. The fourth-order valence-corrected chi connectivity index (χ4v) is 3.95. The smallest absolute Gasteiger partial charge is 0.278 e. The van der Waals surface area contributed by atoms with Gasteiger partial charge in [0.15, 0.2) is 11.5 Å². The number of fused-ring (bicyclic) bond motifs is 1. The summed E-state index contributed by atoms with van der Waals surface area (Å²) in [4.78, 5) is 6.97. The van der Waals surface area contributed by atoms with Crippen LogP contribution in [0.4, 0.5) is 0 Å². The van der Waals surface area contributed by atoms with E-state index >= 15 is 0 Å². The standard InChI is InChI=1S/C19H22N6O/c1-24-11-10-20-12-16(24)18-21-19(26-23-18)17-14-8-5-9-15(14)25(22-17)13-6-3-2-4-7-13/h2-4,6-7,16,20H,5,8-12H2,1H3. The zero-order valence-corrected chi connectivity index (χ0v) is 14.9. The Kier molecular flexibility index (Phi) is 3.83. The van der Waals surface area contributed by atoms with E-state index < -0.39 is 0 Å². The van der Waals surface area contributed by atoms with Crippen LogP contribution in [0.2, 0.25) is 0 Å². The SMILES string of the molecule is CN1CCNCC1c1noc(-c2nn(-c3ccccc3)c3c2CCC3)n1. The quantitative estimate of drug-likeness (QED) is 0.779. The summed E-state index contributed by atoms with van der Waals surface area (Å²) in [5.74, 6) is 1.27. The number of piperazine rings is 1. The predicted molar refractivity (Wildman–Crippen MR) is 97.1 cm³/mol. The lowest BCUT2D eigenvalue weighted by Gasteiger charge is -2.30. The Morgan fingerprint density at radius 2 is 2.08 bits per heavy atom. The maximum atomic E-state index is 5.64. The topological polar surface area (TPSA) is 72.0 Å². The van der Waals surface area contributed by atoms with Crippen molar-refractivity contribution in [3.63, 3.8) is 0 Å². The first-order chi connectivity index (χ1) is 12.8. The highest BCUT2D eigenvalue weighted by atomic mass is 16.5. The van der Waals surface area contributed by atoms with Gasteiger partial charge < -0.3 is 9.84 Å². The molecule has 1 aromatic carbocycles. The summed E-state index contributed by atoms with van der Waals surface area (Å²) in [6, 6.07) is 10.4. The zero-order valence-electron chi connectivity index (χ0n) is 14.9. The van der Waals surface area contributed by atoms with Crippen molar-refractivity contribution in [3.05, 3.63) is 47.4 Å².